The Hall–Kier alpha value is -2.02. The molecule has 2 aliphatic heterocycles. The highest BCUT2D eigenvalue weighted by Crippen LogP contribution is 2.48. The van der Waals surface area contributed by atoms with E-state index in [1.165, 1.54) is 12.1 Å². The van der Waals surface area contributed by atoms with Crippen molar-refractivity contribution in [2.75, 3.05) is 6.54 Å². The van der Waals surface area contributed by atoms with Crippen LogP contribution in [0, 0.1) is 23.6 Å². The molecule has 1 saturated carbocycles. The predicted octanol–water partition coefficient (Wildman–Crippen LogP) is 3.97. The maximum absolute atomic E-state index is 13.0. The molecule has 1 aromatic carbocycles. The largest absolute Gasteiger partial charge is 0.444 e. The van der Waals surface area contributed by atoms with Crippen LogP contribution in [0.4, 0.5) is 9.18 Å². The summed E-state index contributed by atoms with van der Waals surface area (Å²) in [5, 5.41) is 0. The summed E-state index contributed by atoms with van der Waals surface area (Å²) >= 11 is 0. The van der Waals surface area contributed by atoms with Gasteiger partial charge in [-0.3, -0.25) is 4.90 Å². The second-order valence-corrected chi connectivity index (χ2v) is 7.48. The van der Waals surface area contributed by atoms with Gasteiger partial charge in [-0.15, -0.1) is 0 Å². The van der Waals surface area contributed by atoms with Crippen molar-refractivity contribution in [1.29, 1.82) is 0 Å². The smallest absolute Gasteiger partial charge is 0.411 e. The summed E-state index contributed by atoms with van der Waals surface area (Å²) in [6.07, 6.45) is 2.53. The van der Waals surface area contributed by atoms with Crippen molar-refractivity contribution in [1.82, 2.24) is 4.90 Å². The molecule has 2 heterocycles. The van der Waals surface area contributed by atoms with Gasteiger partial charge in [-0.1, -0.05) is 11.8 Å². The number of fused-ring (bicyclic) bond motifs is 2. The molecule has 4 heteroatoms. The van der Waals surface area contributed by atoms with Gasteiger partial charge >= 0.3 is 6.09 Å². The Labute approximate surface area is 136 Å². The van der Waals surface area contributed by atoms with Gasteiger partial charge in [0, 0.05) is 12.1 Å². The zero-order valence-electron chi connectivity index (χ0n) is 13.9. The normalized spacial score (nSPS) is 25.9. The third-order valence-electron chi connectivity index (χ3n) is 4.43. The zero-order valence-corrected chi connectivity index (χ0v) is 13.9. The van der Waals surface area contributed by atoms with Crippen molar-refractivity contribution in [3.05, 3.63) is 35.6 Å². The van der Waals surface area contributed by atoms with Crippen LogP contribution >= 0.6 is 0 Å². The highest BCUT2D eigenvalue weighted by atomic mass is 19.1. The average molecular weight is 315 g/mol. The first-order valence-corrected chi connectivity index (χ1v) is 8.07. The van der Waals surface area contributed by atoms with E-state index in [-0.39, 0.29) is 11.9 Å². The van der Waals surface area contributed by atoms with Crippen LogP contribution in [0.25, 0.3) is 0 Å². The number of hydrogen-bond donors (Lipinski definition) is 0. The lowest BCUT2D eigenvalue weighted by Gasteiger charge is -2.55. The Kier molecular flexibility index (Phi) is 3.83. The summed E-state index contributed by atoms with van der Waals surface area (Å²) < 4.78 is 18.5. The number of piperidine rings is 2. The Morgan fingerprint density at radius 1 is 1.30 bits per heavy atom. The molecule has 2 bridgehead atoms. The average Bonchev–Trinajstić information content (AvgIpc) is 2.44. The van der Waals surface area contributed by atoms with Crippen LogP contribution in [0.3, 0.4) is 0 Å². The van der Waals surface area contributed by atoms with Crippen LogP contribution in [0.1, 0.15) is 45.6 Å². The molecule has 0 unspecified atom stereocenters. The number of carbonyl (C=O) groups is 1. The number of carbonyl (C=O) groups excluding carboxylic acids is 1. The maximum atomic E-state index is 13.0. The number of amides is 1. The molecule has 1 aliphatic carbocycles. The van der Waals surface area contributed by atoms with E-state index in [4.69, 9.17) is 4.74 Å². The van der Waals surface area contributed by atoms with Gasteiger partial charge in [-0.05, 0) is 70.2 Å². The molecule has 2 saturated heterocycles. The number of rotatable bonds is 0. The van der Waals surface area contributed by atoms with E-state index in [0.717, 1.165) is 24.8 Å². The van der Waals surface area contributed by atoms with Crippen molar-refractivity contribution in [2.24, 2.45) is 5.92 Å². The first-order chi connectivity index (χ1) is 10.8. The van der Waals surface area contributed by atoms with E-state index < -0.39 is 11.1 Å². The molecule has 4 rings (SSSR count). The predicted molar refractivity (Wildman–Crippen MR) is 86.3 cm³/mol. The fourth-order valence-corrected chi connectivity index (χ4v) is 3.32. The van der Waals surface area contributed by atoms with Crippen molar-refractivity contribution in [3.8, 4) is 11.8 Å². The van der Waals surface area contributed by atoms with Crippen LogP contribution in [0.15, 0.2) is 24.3 Å². The molecule has 1 amide bonds. The molecule has 1 aromatic rings. The van der Waals surface area contributed by atoms with E-state index in [2.05, 4.69) is 11.8 Å². The van der Waals surface area contributed by atoms with E-state index in [9.17, 15) is 9.18 Å². The number of benzene rings is 1. The lowest BCUT2D eigenvalue weighted by Crippen LogP contribution is -2.64. The van der Waals surface area contributed by atoms with Gasteiger partial charge in [0.1, 0.15) is 17.0 Å². The van der Waals surface area contributed by atoms with Crippen molar-refractivity contribution in [2.45, 2.75) is 51.2 Å². The Bertz CT molecular complexity index is 657. The van der Waals surface area contributed by atoms with Gasteiger partial charge in [-0.25, -0.2) is 9.18 Å². The first-order valence-electron chi connectivity index (χ1n) is 8.07. The molecule has 3 fully saturated rings. The Balaban J connectivity index is 1.81. The second kappa shape index (κ2) is 5.56. The summed E-state index contributed by atoms with van der Waals surface area (Å²) in [7, 11) is 0. The quantitative estimate of drug-likeness (QED) is 0.678. The van der Waals surface area contributed by atoms with E-state index in [1.54, 1.807) is 17.0 Å². The summed E-state index contributed by atoms with van der Waals surface area (Å²) in [5.41, 5.74) is -0.165. The summed E-state index contributed by atoms with van der Waals surface area (Å²) in [4.78, 5) is 14.3. The molecule has 23 heavy (non-hydrogen) atoms. The number of ether oxygens (including phenoxy) is 1. The van der Waals surface area contributed by atoms with Gasteiger partial charge < -0.3 is 4.74 Å². The summed E-state index contributed by atoms with van der Waals surface area (Å²) in [6.45, 7) is 6.30. The van der Waals surface area contributed by atoms with Gasteiger partial charge in [0.2, 0.25) is 0 Å². The minimum atomic E-state index is -0.511. The highest BCUT2D eigenvalue weighted by Gasteiger charge is 2.54. The standard InChI is InChI=1S/C19H22FNO2/c1-18(2,3)23-17(22)21-11-9-15-12-19(21,13-15)10-8-14-4-6-16(20)7-5-14/h4-7,15H,9,11-13H2,1-3H3. The molecule has 3 aliphatic rings. The van der Waals surface area contributed by atoms with E-state index in [1.807, 2.05) is 20.8 Å². The van der Waals surface area contributed by atoms with Crippen molar-refractivity contribution >= 4 is 6.09 Å². The molecule has 0 atom stereocenters. The fourth-order valence-electron chi connectivity index (χ4n) is 3.32. The highest BCUT2D eigenvalue weighted by molar-refractivity contribution is 5.71. The molecule has 3 nitrogen and oxygen atoms in total. The molecule has 0 aromatic heterocycles. The fraction of sp³-hybridized carbons (Fsp3) is 0.526. The second-order valence-electron chi connectivity index (χ2n) is 7.48. The minimum Gasteiger partial charge on any atom is -0.444 e. The molecule has 0 spiro atoms. The summed E-state index contributed by atoms with van der Waals surface area (Å²) in [6, 6.07) is 6.13. The van der Waals surface area contributed by atoms with Gasteiger partial charge in [0.25, 0.3) is 0 Å². The van der Waals surface area contributed by atoms with Gasteiger partial charge in [-0.2, -0.15) is 0 Å². The van der Waals surface area contributed by atoms with Crippen LogP contribution in [-0.4, -0.2) is 28.7 Å². The SMILES string of the molecule is CC(C)(C)OC(=O)N1CCC2CC1(C#Cc1ccc(F)cc1)C2. The number of nitrogens with zero attached hydrogens (tertiary/aromatic N) is 1. The van der Waals surface area contributed by atoms with Crippen LogP contribution in [0.2, 0.25) is 0 Å². The molecule has 0 radical (unpaired) electrons. The van der Waals surface area contributed by atoms with Crippen LogP contribution < -0.4 is 0 Å². The first kappa shape index (κ1) is 15.9. The Morgan fingerprint density at radius 2 is 1.96 bits per heavy atom. The molecular weight excluding hydrogens is 293 g/mol. The van der Waals surface area contributed by atoms with Gasteiger partial charge in [0.05, 0.1) is 0 Å². The van der Waals surface area contributed by atoms with Gasteiger partial charge in [0.15, 0.2) is 0 Å². The Morgan fingerprint density at radius 3 is 2.57 bits per heavy atom. The van der Waals surface area contributed by atoms with Crippen LogP contribution in [-0.2, 0) is 4.74 Å². The third-order valence-corrected chi connectivity index (χ3v) is 4.43. The zero-order chi connectivity index (χ0) is 16.7. The summed E-state index contributed by atoms with van der Waals surface area (Å²) in [5.74, 6) is 6.75. The van der Waals surface area contributed by atoms with E-state index in [0.29, 0.717) is 12.5 Å². The topological polar surface area (TPSA) is 29.5 Å². The monoisotopic (exact) mass is 315 g/mol. The maximum Gasteiger partial charge on any atom is 0.411 e. The minimum absolute atomic E-state index is 0.273. The molecular formula is C19H22FNO2. The van der Waals surface area contributed by atoms with Crippen molar-refractivity contribution < 1.29 is 13.9 Å². The lowest BCUT2D eigenvalue weighted by molar-refractivity contribution is -0.0534. The van der Waals surface area contributed by atoms with Crippen molar-refractivity contribution in [3.63, 3.8) is 0 Å². The lowest BCUT2D eigenvalue weighted by atomic mass is 9.63. The molecule has 0 N–H and O–H groups in total. The van der Waals surface area contributed by atoms with E-state index >= 15 is 0 Å². The molecule has 122 valence electrons. The third kappa shape index (κ3) is 3.34. The van der Waals surface area contributed by atoms with Crippen LogP contribution in [0.5, 0.6) is 0 Å². The number of hydrogen-bond acceptors (Lipinski definition) is 2. The number of halogens is 1.